The van der Waals surface area contributed by atoms with Crippen LogP contribution in [-0.4, -0.2) is 9.91 Å². The van der Waals surface area contributed by atoms with Crippen molar-refractivity contribution >= 4 is 28.3 Å². The summed E-state index contributed by atoms with van der Waals surface area (Å²) in [6.07, 6.45) is 4.66. The molecule has 0 fully saturated rings. The third-order valence-corrected chi connectivity index (χ3v) is 4.86. The number of nitro benzene ring substituents is 1. The average Bonchev–Trinajstić information content (AvgIpc) is 3.13. The van der Waals surface area contributed by atoms with E-state index in [4.69, 9.17) is 0 Å². The van der Waals surface area contributed by atoms with Gasteiger partial charge in [-0.05, 0) is 42.5 Å². The third kappa shape index (κ3) is 5.16. The van der Waals surface area contributed by atoms with Gasteiger partial charge in [-0.3, -0.25) is 15.1 Å². The number of nitrogens with one attached hydrogen (secondary N) is 2. The molecule has 0 radical (unpaired) electrons. The lowest BCUT2D eigenvalue weighted by Crippen LogP contribution is -2.07. The first-order chi connectivity index (χ1) is 12.4. The Bertz CT molecular complexity index is 800. The summed E-state index contributed by atoms with van der Waals surface area (Å²) in [5.74, 6) is 0.303. The first kappa shape index (κ1) is 19.7. The molecule has 2 rings (SSSR count). The van der Waals surface area contributed by atoms with E-state index in [9.17, 15) is 10.1 Å². The van der Waals surface area contributed by atoms with E-state index >= 15 is 0 Å². The molecule has 7 heteroatoms. The largest absolute Gasteiger partial charge is 0.375 e. The minimum absolute atomic E-state index is 0.0645. The van der Waals surface area contributed by atoms with E-state index in [-0.39, 0.29) is 10.6 Å². The van der Waals surface area contributed by atoms with Gasteiger partial charge in [0.05, 0.1) is 17.0 Å². The summed E-state index contributed by atoms with van der Waals surface area (Å²) in [4.78, 5) is 16.1. The third-order valence-electron chi connectivity index (χ3n) is 4.08. The highest BCUT2D eigenvalue weighted by atomic mass is 32.1. The molecule has 1 aromatic heterocycles. The van der Waals surface area contributed by atoms with Crippen molar-refractivity contribution in [2.24, 2.45) is 5.92 Å². The van der Waals surface area contributed by atoms with Gasteiger partial charge in [-0.25, -0.2) is 0 Å². The molecule has 1 aromatic carbocycles. The van der Waals surface area contributed by atoms with E-state index in [1.165, 1.54) is 11.3 Å². The second-order valence-electron chi connectivity index (χ2n) is 6.14. The molecule has 6 nitrogen and oxygen atoms in total. The van der Waals surface area contributed by atoms with Crippen molar-refractivity contribution in [3.8, 4) is 0 Å². The second-order valence-corrected chi connectivity index (χ2v) is 7.11. The predicted molar refractivity (Wildman–Crippen MR) is 108 cm³/mol. The standard InChI is InChI=1S/C19H24N4O2S/c1-5-14(4)17(11-21-13(2)3)15-6-7-19(23(24)25)18(8-15)22-10-16-9-20-12-26-16/h6-9,11-12,14,21-22H,2,5,10H2,1,3-4H3/b17-11+. The summed E-state index contributed by atoms with van der Waals surface area (Å²) in [5.41, 5.74) is 5.20. The molecule has 0 bridgehead atoms. The van der Waals surface area contributed by atoms with Gasteiger partial charge < -0.3 is 10.6 Å². The van der Waals surface area contributed by atoms with E-state index in [2.05, 4.69) is 36.0 Å². The number of hydrogen-bond donors (Lipinski definition) is 2. The van der Waals surface area contributed by atoms with Gasteiger partial charge in [0.25, 0.3) is 5.69 Å². The SMILES string of the molecule is C=C(C)N/C=C(/c1ccc([N+](=O)[O-])c(NCc2cncs2)c1)C(C)CC. The fourth-order valence-electron chi connectivity index (χ4n) is 2.46. The van der Waals surface area contributed by atoms with E-state index in [1.807, 2.05) is 19.2 Å². The molecule has 0 saturated heterocycles. The smallest absolute Gasteiger partial charge is 0.292 e. The summed E-state index contributed by atoms with van der Waals surface area (Å²) in [6, 6.07) is 5.20. The lowest BCUT2D eigenvalue weighted by molar-refractivity contribution is -0.384. The maximum atomic E-state index is 11.4. The maximum Gasteiger partial charge on any atom is 0.292 e. The number of aromatic nitrogens is 1. The van der Waals surface area contributed by atoms with Gasteiger partial charge in [-0.1, -0.05) is 20.4 Å². The molecule has 0 aliphatic heterocycles. The van der Waals surface area contributed by atoms with Gasteiger partial charge in [-0.2, -0.15) is 0 Å². The minimum atomic E-state index is -0.364. The summed E-state index contributed by atoms with van der Waals surface area (Å²) < 4.78 is 0. The van der Waals surface area contributed by atoms with Crippen LogP contribution in [0.15, 0.2) is 48.4 Å². The molecule has 0 spiro atoms. The Labute approximate surface area is 157 Å². The second kappa shape index (κ2) is 9.15. The number of rotatable bonds is 9. The van der Waals surface area contributed by atoms with Crippen LogP contribution in [-0.2, 0) is 6.54 Å². The molecule has 1 heterocycles. The Morgan fingerprint density at radius 2 is 2.27 bits per heavy atom. The van der Waals surface area contributed by atoms with Crippen molar-refractivity contribution in [2.45, 2.75) is 33.7 Å². The van der Waals surface area contributed by atoms with Crippen molar-refractivity contribution in [1.29, 1.82) is 0 Å². The fraction of sp³-hybridized carbons (Fsp3) is 0.316. The maximum absolute atomic E-state index is 11.4. The zero-order valence-corrected chi connectivity index (χ0v) is 16.1. The first-order valence-corrected chi connectivity index (χ1v) is 9.32. The molecule has 0 aliphatic carbocycles. The Morgan fingerprint density at radius 3 is 2.85 bits per heavy atom. The van der Waals surface area contributed by atoms with Gasteiger partial charge in [-0.15, -0.1) is 11.3 Å². The van der Waals surface area contributed by atoms with Crippen LogP contribution in [0.3, 0.4) is 0 Å². The van der Waals surface area contributed by atoms with Gasteiger partial charge in [0, 0.05) is 29.0 Å². The van der Waals surface area contributed by atoms with Crippen LogP contribution in [0, 0.1) is 16.0 Å². The van der Waals surface area contributed by atoms with Crippen LogP contribution < -0.4 is 10.6 Å². The minimum Gasteiger partial charge on any atom is -0.375 e. The number of nitro groups is 1. The van der Waals surface area contributed by atoms with Crippen LogP contribution in [0.25, 0.3) is 5.57 Å². The van der Waals surface area contributed by atoms with E-state index < -0.39 is 0 Å². The van der Waals surface area contributed by atoms with E-state index in [0.29, 0.717) is 18.2 Å². The first-order valence-electron chi connectivity index (χ1n) is 8.44. The molecule has 1 unspecified atom stereocenters. The predicted octanol–water partition coefficient (Wildman–Crippen LogP) is 5.17. The molecule has 1 atom stereocenters. The summed E-state index contributed by atoms with van der Waals surface area (Å²) in [6.45, 7) is 10.5. The molecule has 26 heavy (non-hydrogen) atoms. The van der Waals surface area contributed by atoms with Crippen molar-refractivity contribution in [3.63, 3.8) is 0 Å². The zero-order valence-electron chi connectivity index (χ0n) is 15.3. The summed E-state index contributed by atoms with van der Waals surface area (Å²) in [7, 11) is 0. The van der Waals surface area contributed by atoms with Gasteiger partial charge >= 0.3 is 0 Å². The monoisotopic (exact) mass is 372 g/mol. The quantitative estimate of drug-likeness (QED) is 0.469. The van der Waals surface area contributed by atoms with Crippen LogP contribution >= 0.6 is 11.3 Å². The van der Waals surface area contributed by atoms with Gasteiger partial charge in [0.2, 0.25) is 0 Å². The molecular formula is C19H24N4O2S. The number of hydrogen-bond acceptors (Lipinski definition) is 6. The topological polar surface area (TPSA) is 80.1 Å². The van der Waals surface area contributed by atoms with E-state index in [0.717, 1.165) is 28.1 Å². The van der Waals surface area contributed by atoms with Crippen molar-refractivity contribution in [1.82, 2.24) is 10.3 Å². The van der Waals surface area contributed by atoms with Crippen molar-refractivity contribution in [2.75, 3.05) is 5.32 Å². The Balaban J connectivity index is 2.37. The average molecular weight is 372 g/mol. The van der Waals surface area contributed by atoms with Crippen molar-refractivity contribution in [3.05, 3.63) is 68.9 Å². The number of thiazole rings is 1. The lowest BCUT2D eigenvalue weighted by Gasteiger charge is -2.17. The molecule has 2 aromatic rings. The van der Waals surface area contributed by atoms with Crippen LogP contribution in [0.1, 0.15) is 37.6 Å². The molecule has 0 amide bonds. The van der Waals surface area contributed by atoms with Crippen LogP contribution in [0.5, 0.6) is 0 Å². The zero-order chi connectivity index (χ0) is 19.1. The lowest BCUT2D eigenvalue weighted by atomic mass is 9.92. The molecule has 0 aliphatic rings. The number of benzene rings is 1. The Hall–Kier alpha value is -2.67. The molecular weight excluding hydrogens is 348 g/mol. The highest BCUT2D eigenvalue weighted by Gasteiger charge is 2.17. The Morgan fingerprint density at radius 1 is 1.50 bits per heavy atom. The highest BCUT2D eigenvalue weighted by Crippen LogP contribution is 2.32. The van der Waals surface area contributed by atoms with E-state index in [1.54, 1.807) is 23.8 Å². The Kier molecular flexibility index (Phi) is 6.91. The normalized spacial score (nSPS) is 12.5. The summed E-state index contributed by atoms with van der Waals surface area (Å²) >= 11 is 1.51. The van der Waals surface area contributed by atoms with Crippen LogP contribution in [0.4, 0.5) is 11.4 Å². The fourth-order valence-corrected chi connectivity index (χ4v) is 2.99. The van der Waals surface area contributed by atoms with Gasteiger partial charge in [0.1, 0.15) is 5.69 Å². The molecule has 138 valence electrons. The molecule has 2 N–H and O–H groups in total. The van der Waals surface area contributed by atoms with Crippen LogP contribution in [0.2, 0.25) is 0 Å². The number of nitrogens with zero attached hydrogens (tertiary/aromatic N) is 2. The highest BCUT2D eigenvalue weighted by molar-refractivity contribution is 7.09. The number of allylic oxidation sites excluding steroid dienone is 2. The summed E-state index contributed by atoms with van der Waals surface area (Å²) in [5, 5.41) is 17.7. The number of anilines is 1. The van der Waals surface area contributed by atoms with Crippen molar-refractivity contribution < 1.29 is 4.92 Å². The molecule has 0 saturated carbocycles. The van der Waals surface area contributed by atoms with Gasteiger partial charge in [0.15, 0.2) is 0 Å².